The number of para-hydroxylation sites is 1. The van der Waals surface area contributed by atoms with E-state index in [-0.39, 0.29) is 36.0 Å². The van der Waals surface area contributed by atoms with Gasteiger partial charge in [0.25, 0.3) is 5.56 Å². The van der Waals surface area contributed by atoms with Gasteiger partial charge >= 0.3 is 0 Å². The largest absolute Gasteiger partial charge is 0.383 e. The first-order valence-corrected chi connectivity index (χ1v) is 10.9. The number of aromatic amines is 1. The molecule has 29 heavy (non-hydrogen) atoms. The molecule has 0 amide bonds. The molecule has 0 unspecified atom stereocenters. The lowest BCUT2D eigenvalue weighted by Gasteiger charge is -2.22. The van der Waals surface area contributed by atoms with Crippen LogP contribution in [0.5, 0.6) is 0 Å². The minimum absolute atomic E-state index is 0.0583. The number of hydrogen-bond acceptors (Lipinski definition) is 7. The van der Waals surface area contributed by atoms with Crippen molar-refractivity contribution in [3.8, 4) is 0 Å². The molecule has 1 aromatic heterocycles. The monoisotopic (exact) mass is 431 g/mol. The van der Waals surface area contributed by atoms with Crippen LogP contribution in [0.4, 0.5) is 11.4 Å². The highest BCUT2D eigenvalue weighted by Crippen LogP contribution is 2.38. The Morgan fingerprint density at radius 2 is 1.97 bits per heavy atom. The minimum atomic E-state index is -3.94. The quantitative estimate of drug-likeness (QED) is 0.482. The average Bonchev–Trinajstić information content (AvgIpc) is 3.20. The zero-order chi connectivity index (χ0) is 20.4. The molecule has 1 N–H and O–H groups in total. The molecule has 4 rings (SSSR count). The lowest BCUT2D eigenvalue weighted by atomic mass is 10.2. The minimum Gasteiger partial charge on any atom is -0.383 e. The molecule has 0 radical (unpaired) electrons. The number of sulfonamides is 1. The van der Waals surface area contributed by atoms with Crippen molar-refractivity contribution in [2.24, 2.45) is 8.73 Å². The summed E-state index contributed by atoms with van der Waals surface area (Å²) in [5, 5.41) is 0.445. The van der Waals surface area contributed by atoms with Crippen molar-refractivity contribution in [1.29, 1.82) is 0 Å². The first kappa shape index (κ1) is 19.6. The van der Waals surface area contributed by atoms with E-state index in [2.05, 4.69) is 18.7 Å². The summed E-state index contributed by atoms with van der Waals surface area (Å²) in [5.41, 5.74) is 1.02. The van der Waals surface area contributed by atoms with Gasteiger partial charge in [-0.3, -0.25) is 4.79 Å². The second-order valence-corrected chi connectivity index (χ2v) is 8.68. The Labute approximate surface area is 170 Å². The van der Waals surface area contributed by atoms with Crippen LogP contribution in [0.2, 0.25) is 0 Å². The SMILES string of the molecule is COCCN(Cc1nc2ccccc2c(=O)[nH]1)S(=O)(=O)c1cccc2c1N=S=N2. The van der Waals surface area contributed by atoms with Gasteiger partial charge in [0.15, 0.2) is 0 Å². The summed E-state index contributed by atoms with van der Waals surface area (Å²) in [4.78, 5) is 19.5. The van der Waals surface area contributed by atoms with Gasteiger partial charge in [-0.25, -0.2) is 13.4 Å². The highest BCUT2D eigenvalue weighted by molar-refractivity contribution is 7.89. The van der Waals surface area contributed by atoms with E-state index in [9.17, 15) is 13.2 Å². The van der Waals surface area contributed by atoms with Crippen molar-refractivity contribution >= 4 is 43.7 Å². The molecule has 3 aromatic rings. The number of H-pyrrole nitrogens is 1. The third-order valence-electron chi connectivity index (χ3n) is 4.40. The second-order valence-electron chi connectivity index (χ2n) is 6.25. The van der Waals surface area contributed by atoms with Gasteiger partial charge < -0.3 is 9.72 Å². The van der Waals surface area contributed by atoms with Gasteiger partial charge in [-0.15, -0.1) is 0 Å². The van der Waals surface area contributed by atoms with E-state index < -0.39 is 10.0 Å². The molecule has 1 aliphatic heterocycles. The molecule has 0 saturated heterocycles. The van der Waals surface area contributed by atoms with E-state index in [1.807, 2.05) is 0 Å². The van der Waals surface area contributed by atoms with Gasteiger partial charge in [0, 0.05) is 13.7 Å². The summed E-state index contributed by atoms with van der Waals surface area (Å²) in [7, 11) is -2.45. The van der Waals surface area contributed by atoms with E-state index in [4.69, 9.17) is 4.74 Å². The summed E-state index contributed by atoms with van der Waals surface area (Å²) >= 11 is 0.953. The van der Waals surface area contributed by atoms with E-state index in [1.54, 1.807) is 36.4 Å². The standard InChI is InChI=1S/C18H17N5O4S2/c1-27-10-9-23(11-16-19-13-6-3-2-5-12(13)18(24)20-16)29(25,26)15-8-4-7-14-17(15)22-28-21-14/h2-8H,9-11H2,1H3,(H,19,20,24). The first-order chi connectivity index (χ1) is 14.0. The second kappa shape index (κ2) is 7.95. The molecule has 0 atom stereocenters. The summed E-state index contributed by atoms with van der Waals surface area (Å²) in [6.07, 6.45) is 0. The van der Waals surface area contributed by atoms with E-state index >= 15 is 0 Å². The van der Waals surface area contributed by atoms with Gasteiger partial charge in [0.2, 0.25) is 10.0 Å². The molecule has 9 nitrogen and oxygen atoms in total. The number of methoxy groups -OCH3 is 1. The van der Waals surface area contributed by atoms with Crippen molar-refractivity contribution in [2.45, 2.75) is 11.4 Å². The smallest absolute Gasteiger partial charge is 0.258 e. The Morgan fingerprint density at radius 1 is 1.14 bits per heavy atom. The molecule has 0 bridgehead atoms. The molecule has 0 fully saturated rings. The lowest BCUT2D eigenvalue weighted by Crippen LogP contribution is -2.34. The van der Waals surface area contributed by atoms with Crippen LogP contribution < -0.4 is 5.56 Å². The van der Waals surface area contributed by atoms with Crippen molar-refractivity contribution in [3.05, 3.63) is 58.6 Å². The Bertz CT molecular complexity index is 1310. The number of benzene rings is 2. The predicted octanol–water partition coefficient (Wildman–Crippen LogP) is 2.49. The number of ether oxygens (including phenoxy) is 1. The van der Waals surface area contributed by atoms with Crippen LogP contribution in [0.25, 0.3) is 10.9 Å². The fourth-order valence-corrected chi connectivity index (χ4v) is 5.12. The predicted molar refractivity (Wildman–Crippen MR) is 110 cm³/mol. The Morgan fingerprint density at radius 3 is 2.79 bits per heavy atom. The van der Waals surface area contributed by atoms with Crippen LogP contribution in [0, 0.1) is 0 Å². The zero-order valence-electron chi connectivity index (χ0n) is 15.4. The number of nitrogens with one attached hydrogen (secondary N) is 1. The maximum atomic E-state index is 13.4. The summed E-state index contributed by atoms with van der Waals surface area (Å²) in [6.45, 7) is 0.158. The fourth-order valence-electron chi connectivity index (χ4n) is 2.98. The summed E-state index contributed by atoms with van der Waals surface area (Å²) in [5.74, 6) is 0.247. The number of hydrogen-bond donors (Lipinski definition) is 1. The van der Waals surface area contributed by atoms with Crippen LogP contribution in [0.3, 0.4) is 0 Å². The van der Waals surface area contributed by atoms with Gasteiger partial charge in [0.05, 0.1) is 35.4 Å². The lowest BCUT2D eigenvalue weighted by molar-refractivity contribution is 0.176. The average molecular weight is 431 g/mol. The first-order valence-electron chi connectivity index (χ1n) is 8.69. The Kier molecular flexibility index (Phi) is 5.37. The Balaban J connectivity index is 1.75. The topological polar surface area (TPSA) is 117 Å². The molecule has 0 saturated carbocycles. The summed E-state index contributed by atoms with van der Waals surface area (Å²) in [6, 6.07) is 11.7. The molecule has 2 heterocycles. The van der Waals surface area contributed by atoms with E-state index in [1.165, 1.54) is 17.5 Å². The number of nitrogens with zero attached hydrogens (tertiary/aromatic N) is 4. The molecular formula is C18H17N5O4S2. The molecule has 0 spiro atoms. The third kappa shape index (κ3) is 3.77. The zero-order valence-corrected chi connectivity index (χ0v) is 17.0. The highest BCUT2D eigenvalue weighted by atomic mass is 32.2. The van der Waals surface area contributed by atoms with Crippen molar-refractivity contribution < 1.29 is 13.2 Å². The molecule has 0 aliphatic carbocycles. The van der Waals surface area contributed by atoms with E-state index in [0.717, 1.165) is 11.4 Å². The third-order valence-corrected chi connectivity index (χ3v) is 6.82. The normalized spacial score (nSPS) is 13.0. The van der Waals surface area contributed by atoms with Crippen LogP contribution >= 0.6 is 0 Å². The maximum absolute atomic E-state index is 13.4. The van der Waals surface area contributed by atoms with Crippen LogP contribution in [-0.2, 0) is 32.7 Å². The maximum Gasteiger partial charge on any atom is 0.258 e. The molecule has 2 aromatic carbocycles. The molecular weight excluding hydrogens is 414 g/mol. The molecule has 1 aliphatic rings. The number of fused-ring (bicyclic) bond motifs is 2. The van der Waals surface area contributed by atoms with Crippen LogP contribution in [0.15, 0.2) is 60.9 Å². The van der Waals surface area contributed by atoms with Crippen molar-refractivity contribution in [3.63, 3.8) is 0 Å². The fraction of sp³-hybridized carbons (Fsp3) is 0.222. The summed E-state index contributed by atoms with van der Waals surface area (Å²) < 4.78 is 41.3. The van der Waals surface area contributed by atoms with Crippen molar-refractivity contribution in [2.75, 3.05) is 20.3 Å². The molecule has 11 heteroatoms. The van der Waals surface area contributed by atoms with Gasteiger partial charge in [0.1, 0.15) is 22.1 Å². The van der Waals surface area contributed by atoms with Crippen LogP contribution in [0.1, 0.15) is 5.82 Å². The number of rotatable bonds is 7. The highest BCUT2D eigenvalue weighted by Gasteiger charge is 2.30. The van der Waals surface area contributed by atoms with E-state index in [0.29, 0.717) is 22.3 Å². The molecule has 150 valence electrons. The van der Waals surface area contributed by atoms with Gasteiger partial charge in [-0.1, -0.05) is 18.2 Å². The Hall–Kier alpha value is -2.73. The van der Waals surface area contributed by atoms with Gasteiger partial charge in [-0.05, 0) is 24.3 Å². The van der Waals surface area contributed by atoms with Crippen molar-refractivity contribution in [1.82, 2.24) is 14.3 Å². The number of aromatic nitrogens is 2. The van der Waals surface area contributed by atoms with Crippen LogP contribution in [-0.4, -0.2) is 43.0 Å². The van der Waals surface area contributed by atoms with Gasteiger partial charge in [-0.2, -0.15) is 13.0 Å².